The van der Waals surface area contributed by atoms with Crippen LogP contribution in [0.2, 0.25) is 5.15 Å². The number of aromatic nitrogens is 1. The Balaban J connectivity index is 2.88. The van der Waals surface area contributed by atoms with E-state index in [9.17, 15) is 9.59 Å². The highest BCUT2D eigenvalue weighted by molar-refractivity contribution is 6.30. The third kappa shape index (κ3) is 5.44. The molecule has 0 saturated heterocycles. The van der Waals surface area contributed by atoms with E-state index in [4.69, 9.17) is 21.4 Å². The van der Waals surface area contributed by atoms with Crippen LogP contribution in [0.5, 0.6) is 0 Å². The lowest BCUT2D eigenvalue weighted by Gasteiger charge is -2.23. The number of carboxylic acids is 1. The van der Waals surface area contributed by atoms with E-state index in [1.807, 2.05) is 0 Å². The zero-order valence-electron chi connectivity index (χ0n) is 11.5. The average Bonchev–Trinajstić information content (AvgIpc) is 2.25. The lowest BCUT2D eigenvalue weighted by Crippen LogP contribution is -2.36. The summed E-state index contributed by atoms with van der Waals surface area (Å²) in [4.78, 5) is 26.5. The van der Waals surface area contributed by atoms with Crippen LogP contribution in [-0.2, 0) is 9.53 Å². The number of halogens is 1. The molecule has 0 spiro atoms. The largest absolute Gasteiger partial charge is 0.481 e. The molecule has 1 atom stereocenters. The molecule has 20 heavy (non-hydrogen) atoms. The number of aliphatic carboxylic acids is 1. The number of nitrogens with one attached hydrogen (secondary N) is 1. The molecule has 0 aliphatic carbocycles. The van der Waals surface area contributed by atoms with Gasteiger partial charge in [-0.25, -0.2) is 9.78 Å². The number of hydrogen-bond donors (Lipinski definition) is 2. The van der Waals surface area contributed by atoms with Gasteiger partial charge in [0.15, 0.2) is 0 Å². The Morgan fingerprint density at radius 2 is 2.15 bits per heavy atom. The third-order valence-corrected chi connectivity index (χ3v) is 2.55. The number of hydrogen-bond acceptors (Lipinski definition) is 4. The van der Waals surface area contributed by atoms with Crippen molar-refractivity contribution in [1.82, 2.24) is 10.3 Å². The molecule has 1 rings (SSSR count). The van der Waals surface area contributed by atoms with E-state index in [1.54, 1.807) is 32.9 Å². The van der Waals surface area contributed by atoms with E-state index in [1.165, 1.54) is 6.20 Å². The summed E-state index contributed by atoms with van der Waals surface area (Å²) >= 11 is 5.92. The van der Waals surface area contributed by atoms with E-state index in [2.05, 4.69) is 10.3 Å². The molecule has 6 nitrogen and oxygen atoms in total. The van der Waals surface area contributed by atoms with Crippen LogP contribution in [0, 0.1) is 0 Å². The smallest absolute Gasteiger partial charge is 0.408 e. The Bertz CT molecular complexity index is 499. The van der Waals surface area contributed by atoms with Gasteiger partial charge in [0.1, 0.15) is 10.8 Å². The predicted octanol–water partition coefficient (Wildman–Crippen LogP) is 2.78. The molecule has 0 bridgehead atoms. The number of rotatable bonds is 4. The van der Waals surface area contributed by atoms with Gasteiger partial charge in [0.25, 0.3) is 0 Å². The Morgan fingerprint density at radius 3 is 2.65 bits per heavy atom. The molecular formula is C13H17ClN2O4. The number of amides is 1. The van der Waals surface area contributed by atoms with Crippen LogP contribution < -0.4 is 5.32 Å². The number of nitrogens with zero attached hydrogens (tertiary/aromatic N) is 1. The first-order chi connectivity index (χ1) is 9.19. The summed E-state index contributed by atoms with van der Waals surface area (Å²) in [6.07, 6.45) is 0.464. The summed E-state index contributed by atoms with van der Waals surface area (Å²) in [6, 6.07) is 2.43. The fraction of sp³-hybridized carbons (Fsp3) is 0.462. The number of carboxylic acid groups (broad SMARTS) is 1. The molecule has 0 aliphatic heterocycles. The number of carbonyl (C=O) groups excluding carboxylic acids is 1. The molecule has 2 N–H and O–H groups in total. The zero-order valence-corrected chi connectivity index (χ0v) is 12.3. The monoisotopic (exact) mass is 300 g/mol. The van der Waals surface area contributed by atoms with Gasteiger partial charge in [0.2, 0.25) is 0 Å². The zero-order chi connectivity index (χ0) is 15.3. The minimum Gasteiger partial charge on any atom is -0.481 e. The fourth-order valence-electron chi connectivity index (χ4n) is 1.52. The van der Waals surface area contributed by atoms with Crippen LogP contribution in [0.4, 0.5) is 4.79 Å². The van der Waals surface area contributed by atoms with Gasteiger partial charge in [0, 0.05) is 11.8 Å². The van der Waals surface area contributed by atoms with Crippen molar-refractivity contribution in [1.29, 1.82) is 0 Å². The third-order valence-electron chi connectivity index (χ3n) is 2.23. The Labute approximate surface area is 122 Å². The quantitative estimate of drug-likeness (QED) is 0.835. The second-order valence-corrected chi connectivity index (χ2v) is 5.54. The van der Waals surface area contributed by atoms with Crippen LogP contribution in [0.25, 0.3) is 0 Å². The summed E-state index contributed by atoms with van der Waals surface area (Å²) in [6.45, 7) is 5.15. The van der Waals surface area contributed by atoms with Crippen molar-refractivity contribution in [2.45, 2.75) is 38.8 Å². The summed E-state index contributed by atoms with van der Waals surface area (Å²) in [5.74, 6) is -1.06. The van der Waals surface area contributed by atoms with Gasteiger partial charge in [-0.05, 0) is 26.8 Å². The molecule has 0 saturated carbocycles. The van der Waals surface area contributed by atoms with Crippen molar-refractivity contribution in [3.63, 3.8) is 0 Å². The average molecular weight is 301 g/mol. The second-order valence-electron chi connectivity index (χ2n) is 5.18. The molecule has 1 amide bonds. The van der Waals surface area contributed by atoms with Gasteiger partial charge >= 0.3 is 12.1 Å². The summed E-state index contributed by atoms with van der Waals surface area (Å²) in [7, 11) is 0. The van der Waals surface area contributed by atoms with E-state index in [0.717, 1.165) is 0 Å². The minimum absolute atomic E-state index is 0.148. The minimum atomic E-state index is -1.06. The molecular weight excluding hydrogens is 284 g/mol. The van der Waals surface area contributed by atoms with E-state index >= 15 is 0 Å². The topological polar surface area (TPSA) is 88.5 Å². The van der Waals surface area contributed by atoms with Gasteiger partial charge in [0.05, 0.1) is 12.5 Å². The van der Waals surface area contributed by atoms with Gasteiger partial charge in [-0.3, -0.25) is 4.79 Å². The number of alkyl carbamates (subject to hydrolysis) is 1. The van der Waals surface area contributed by atoms with E-state index < -0.39 is 23.7 Å². The van der Waals surface area contributed by atoms with Gasteiger partial charge in [-0.1, -0.05) is 17.7 Å². The van der Waals surface area contributed by atoms with Crippen LogP contribution in [0.15, 0.2) is 18.3 Å². The standard InChI is InChI=1S/C13H17ClN2O4/c1-13(2,3)20-12(19)16-9(7-10(17)18)8-5-4-6-15-11(8)14/h4-6,9H,7H2,1-3H3,(H,16,19)(H,17,18). The maximum absolute atomic E-state index is 11.7. The van der Waals surface area contributed by atoms with E-state index in [0.29, 0.717) is 5.56 Å². The predicted molar refractivity (Wildman–Crippen MR) is 73.6 cm³/mol. The van der Waals surface area contributed by atoms with Gasteiger partial charge in [-0.2, -0.15) is 0 Å². The number of pyridine rings is 1. The molecule has 0 radical (unpaired) electrons. The molecule has 0 aliphatic rings. The van der Waals surface area contributed by atoms with Crippen LogP contribution in [0.1, 0.15) is 38.8 Å². The molecule has 1 aromatic rings. The molecule has 0 aromatic carbocycles. The Kier molecular flexibility index (Phi) is 5.33. The SMILES string of the molecule is CC(C)(C)OC(=O)NC(CC(=O)O)c1cccnc1Cl. The maximum atomic E-state index is 11.7. The van der Waals surface area contributed by atoms with Crippen molar-refractivity contribution >= 4 is 23.7 Å². The molecule has 0 fully saturated rings. The Hall–Kier alpha value is -1.82. The molecule has 1 heterocycles. The van der Waals surface area contributed by atoms with Crippen LogP contribution in [-0.4, -0.2) is 27.8 Å². The van der Waals surface area contributed by atoms with E-state index in [-0.39, 0.29) is 11.6 Å². The van der Waals surface area contributed by atoms with Crippen molar-refractivity contribution in [3.05, 3.63) is 29.0 Å². The summed E-state index contributed by atoms with van der Waals surface area (Å²) in [5.41, 5.74) is -0.237. The summed E-state index contributed by atoms with van der Waals surface area (Å²) < 4.78 is 5.10. The van der Waals surface area contributed by atoms with Crippen LogP contribution >= 0.6 is 11.6 Å². The Morgan fingerprint density at radius 1 is 1.50 bits per heavy atom. The van der Waals surface area contributed by atoms with Crippen molar-refractivity contribution in [2.75, 3.05) is 0 Å². The first-order valence-electron chi connectivity index (χ1n) is 6.01. The lowest BCUT2D eigenvalue weighted by molar-refractivity contribution is -0.137. The normalized spacial score (nSPS) is 12.6. The molecule has 1 unspecified atom stereocenters. The highest BCUT2D eigenvalue weighted by atomic mass is 35.5. The van der Waals surface area contributed by atoms with Crippen LogP contribution in [0.3, 0.4) is 0 Å². The highest BCUT2D eigenvalue weighted by Gasteiger charge is 2.24. The highest BCUT2D eigenvalue weighted by Crippen LogP contribution is 2.23. The van der Waals surface area contributed by atoms with Gasteiger partial charge < -0.3 is 15.2 Å². The first kappa shape index (κ1) is 16.2. The van der Waals surface area contributed by atoms with Crippen molar-refractivity contribution in [2.24, 2.45) is 0 Å². The molecule has 7 heteroatoms. The lowest BCUT2D eigenvalue weighted by atomic mass is 10.1. The molecule has 110 valence electrons. The van der Waals surface area contributed by atoms with Crippen molar-refractivity contribution < 1.29 is 19.4 Å². The van der Waals surface area contributed by atoms with Crippen molar-refractivity contribution in [3.8, 4) is 0 Å². The first-order valence-corrected chi connectivity index (χ1v) is 6.38. The second kappa shape index (κ2) is 6.56. The molecule has 1 aromatic heterocycles. The summed E-state index contributed by atoms with van der Waals surface area (Å²) in [5, 5.41) is 11.6. The maximum Gasteiger partial charge on any atom is 0.408 e. The number of ether oxygens (including phenoxy) is 1. The van der Waals surface area contributed by atoms with Gasteiger partial charge in [-0.15, -0.1) is 0 Å². The fourth-order valence-corrected chi connectivity index (χ4v) is 1.77. The number of carbonyl (C=O) groups is 2.